The van der Waals surface area contributed by atoms with Crippen LogP contribution in [-0.4, -0.2) is 0 Å². The molecule has 59 heavy (non-hydrogen) atoms. The Labute approximate surface area is 347 Å². The lowest BCUT2D eigenvalue weighted by Crippen LogP contribution is -2.10. The monoisotopic (exact) mass is 761 g/mol. The van der Waals surface area contributed by atoms with E-state index in [1.807, 2.05) is 12.1 Å². The topological polar surface area (TPSA) is 16.4 Å². The Balaban J connectivity index is 1.05. The van der Waals surface area contributed by atoms with Gasteiger partial charge in [-0.2, -0.15) is 0 Å². The largest absolute Gasteiger partial charge is 0.455 e. The molecule has 8 aromatic carbocycles. The minimum Gasteiger partial charge on any atom is -0.455 e. The Kier molecular flexibility index (Phi) is 9.92. The Morgan fingerprint density at radius 2 is 1.07 bits per heavy atom. The second-order valence-corrected chi connectivity index (χ2v) is 16.2. The van der Waals surface area contributed by atoms with E-state index in [2.05, 4.69) is 227 Å². The molecule has 2 heteroatoms. The highest BCUT2D eigenvalue weighted by Gasteiger charge is 2.17. The summed E-state index contributed by atoms with van der Waals surface area (Å²) in [6, 6.07) is 65.1. The van der Waals surface area contributed by atoms with Crippen molar-refractivity contribution >= 4 is 60.9 Å². The summed E-state index contributed by atoms with van der Waals surface area (Å²) in [6.07, 6.45) is 6.46. The van der Waals surface area contributed by atoms with Crippen LogP contribution in [0.2, 0.25) is 0 Å². The van der Waals surface area contributed by atoms with Crippen molar-refractivity contribution in [2.24, 2.45) is 0 Å². The van der Waals surface area contributed by atoms with E-state index in [1.54, 1.807) is 0 Å². The zero-order chi connectivity index (χ0) is 40.5. The second-order valence-electron chi connectivity index (χ2n) is 16.2. The predicted octanol–water partition coefficient (Wildman–Crippen LogP) is 16.5. The first-order valence-corrected chi connectivity index (χ1v) is 20.4. The van der Waals surface area contributed by atoms with Gasteiger partial charge in [-0.1, -0.05) is 185 Å². The van der Waals surface area contributed by atoms with Crippen LogP contribution in [0.3, 0.4) is 0 Å². The molecular formula is C57H47NO. The maximum atomic E-state index is 6.41. The molecule has 0 aliphatic rings. The van der Waals surface area contributed by atoms with Gasteiger partial charge in [-0.05, 0) is 110 Å². The van der Waals surface area contributed by atoms with Gasteiger partial charge in [-0.3, -0.25) is 0 Å². The van der Waals surface area contributed by atoms with Crippen molar-refractivity contribution in [1.29, 1.82) is 0 Å². The molecule has 0 radical (unpaired) electrons. The van der Waals surface area contributed by atoms with Crippen LogP contribution in [0.4, 0.5) is 17.1 Å². The number of allylic oxidation sites excluding steroid dienone is 5. The molecule has 0 aliphatic heterocycles. The Hall–Kier alpha value is -7.16. The minimum absolute atomic E-state index is 0.114. The number of hydrogen-bond donors (Lipinski definition) is 0. The summed E-state index contributed by atoms with van der Waals surface area (Å²) >= 11 is 0. The number of para-hydroxylation sites is 2. The zero-order valence-corrected chi connectivity index (χ0v) is 34.1. The molecular weight excluding hydrogens is 715 g/mol. The van der Waals surface area contributed by atoms with Gasteiger partial charge < -0.3 is 9.32 Å². The molecule has 0 saturated carbocycles. The third-order valence-corrected chi connectivity index (χ3v) is 11.4. The number of hydrogen-bond acceptors (Lipinski definition) is 2. The van der Waals surface area contributed by atoms with E-state index in [0.717, 1.165) is 72.4 Å². The van der Waals surface area contributed by atoms with Gasteiger partial charge in [-0.25, -0.2) is 0 Å². The van der Waals surface area contributed by atoms with E-state index < -0.39 is 0 Å². The standard InChI is InChI=1S/C57H47NO/c1-6-40(22-21-39(2)50-17-11-14-44-13-7-8-15-51(44)50)41-25-33-47(34-26-41)58(48-35-27-43(28-36-48)42-23-31-46(32-24-42)57(3,4)5)49-37-29-45(30-38-49)52-18-12-19-54-53-16-9-10-20-55(53)59-56(52)54/h6-38H,2H2,1,3-5H3/b22-21-,40-6+. The van der Waals surface area contributed by atoms with Crippen molar-refractivity contribution in [1.82, 2.24) is 0 Å². The van der Waals surface area contributed by atoms with Gasteiger partial charge in [0.25, 0.3) is 0 Å². The first-order chi connectivity index (χ1) is 28.7. The number of nitrogens with zero attached hydrogens (tertiary/aromatic N) is 1. The molecule has 9 aromatic rings. The van der Waals surface area contributed by atoms with Gasteiger partial charge in [-0.15, -0.1) is 0 Å². The van der Waals surface area contributed by atoms with Crippen LogP contribution < -0.4 is 4.90 Å². The third kappa shape index (κ3) is 7.42. The quantitative estimate of drug-likeness (QED) is 0.136. The summed E-state index contributed by atoms with van der Waals surface area (Å²) in [5, 5.41) is 4.69. The van der Waals surface area contributed by atoms with Crippen LogP contribution in [0.15, 0.2) is 211 Å². The maximum absolute atomic E-state index is 6.41. The molecule has 9 rings (SSSR count). The summed E-state index contributed by atoms with van der Waals surface area (Å²) in [7, 11) is 0. The third-order valence-electron chi connectivity index (χ3n) is 11.4. The van der Waals surface area contributed by atoms with E-state index in [0.29, 0.717) is 0 Å². The van der Waals surface area contributed by atoms with Crippen LogP contribution in [0, 0.1) is 0 Å². The van der Waals surface area contributed by atoms with Gasteiger partial charge in [0.1, 0.15) is 11.2 Å². The highest BCUT2D eigenvalue weighted by Crippen LogP contribution is 2.40. The minimum atomic E-state index is 0.114. The fourth-order valence-electron chi connectivity index (χ4n) is 8.13. The average Bonchev–Trinajstić information content (AvgIpc) is 3.66. The van der Waals surface area contributed by atoms with Gasteiger partial charge in [0.15, 0.2) is 0 Å². The van der Waals surface area contributed by atoms with E-state index >= 15 is 0 Å². The predicted molar refractivity (Wildman–Crippen MR) is 254 cm³/mol. The van der Waals surface area contributed by atoms with E-state index in [1.165, 1.54) is 27.5 Å². The summed E-state index contributed by atoms with van der Waals surface area (Å²) in [6.45, 7) is 13.3. The molecule has 0 N–H and O–H groups in total. The molecule has 0 saturated heterocycles. The Bertz CT molecular complexity index is 3000. The van der Waals surface area contributed by atoms with Crippen molar-refractivity contribution in [3.8, 4) is 22.3 Å². The molecule has 0 bridgehead atoms. The van der Waals surface area contributed by atoms with Gasteiger partial charge >= 0.3 is 0 Å². The first-order valence-electron chi connectivity index (χ1n) is 20.4. The molecule has 0 atom stereocenters. The molecule has 0 amide bonds. The molecule has 286 valence electrons. The summed E-state index contributed by atoms with van der Waals surface area (Å²) < 4.78 is 6.41. The number of rotatable bonds is 9. The SMILES string of the molecule is C=C(/C=C\C(=C/C)c1ccc(N(c2ccc(-c3ccc(C(C)(C)C)cc3)cc2)c2ccc(-c3cccc4c3oc3ccccc34)cc2)cc1)c1cccc2ccccc12. The Morgan fingerprint density at radius 3 is 1.73 bits per heavy atom. The lowest BCUT2D eigenvalue weighted by Gasteiger charge is -2.26. The highest BCUT2D eigenvalue weighted by molar-refractivity contribution is 6.09. The zero-order valence-electron chi connectivity index (χ0n) is 34.1. The van der Waals surface area contributed by atoms with Gasteiger partial charge in [0, 0.05) is 33.4 Å². The Morgan fingerprint density at radius 1 is 0.525 bits per heavy atom. The molecule has 2 nitrogen and oxygen atoms in total. The molecule has 0 unspecified atom stereocenters. The number of furan rings is 1. The van der Waals surface area contributed by atoms with Crippen LogP contribution in [-0.2, 0) is 5.41 Å². The van der Waals surface area contributed by atoms with Crippen molar-refractivity contribution in [3.05, 3.63) is 223 Å². The van der Waals surface area contributed by atoms with Crippen molar-refractivity contribution in [2.45, 2.75) is 33.1 Å². The van der Waals surface area contributed by atoms with Crippen LogP contribution >= 0.6 is 0 Å². The van der Waals surface area contributed by atoms with Crippen LogP contribution in [0.5, 0.6) is 0 Å². The van der Waals surface area contributed by atoms with Gasteiger partial charge in [0.2, 0.25) is 0 Å². The number of benzene rings is 8. The van der Waals surface area contributed by atoms with E-state index in [-0.39, 0.29) is 5.41 Å². The van der Waals surface area contributed by atoms with E-state index in [9.17, 15) is 0 Å². The summed E-state index contributed by atoms with van der Waals surface area (Å²) in [5.74, 6) is 0. The summed E-state index contributed by atoms with van der Waals surface area (Å²) in [4.78, 5) is 2.33. The number of fused-ring (bicyclic) bond motifs is 4. The number of anilines is 3. The van der Waals surface area contributed by atoms with E-state index in [4.69, 9.17) is 4.42 Å². The average molecular weight is 762 g/mol. The lowest BCUT2D eigenvalue weighted by molar-refractivity contribution is 0.590. The highest BCUT2D eigenvalue weighted by atomic mass is 16.3. The normalized spacial score (nSPS) is 12.2. The van der Waals surface area contributed by atoms with Crippen molar-refractivity contribution in [2.75, 3.05) is 4.90 Å². The van der Waals surface area contributed by atoms with Crippen LogP contribution in [0.25, 0.3) is 66.1 Å². The molecule has 0 spiro atoms. The van der Waals surface area contributed by atoms with Crippen molar-refractivity contribution < 1.29 is 4.42 Å². The molecule has 0 aliphatic carbocycles. The molecule has 1 heterocycles. The second kappa shape index (κ2) is 15.6. The van der Waals surface area contributed by atoms with Crippen molar-refractivity contribution in [3.63, 3.8) is 0 Å². The van der Waals surface area contributed by atoms with Gasteiger partial charge in [0.05, 0.1) is 0 Å². The molecule has 0 fully saturated rings. The smallest absolute Gasteiger partial charge is 0.143 e. The first kappa shape index (κ1) is 37.4. The summed E-state index contributed by atoms with van der Waals surface area (Å²) in [5.41, 5.74) is 15.5. The fourth-order valence-corrected chi connectivity index (χ4v) is 8.13. The van der Waals surface area contributed by atoms with Crippen LogP contribution in [0.1, 0.15) is 44.4 Å². The lowest BCUT2D eigenvalue weighted by atomic mass is 9.86. The fraction of sp³-hybridized carbons (Fsp3) is 0.0877. The maximum Gasteiger partial charge on any atom is 0.143 e. The molecule has 1 aromatic heterocycles.